The molecular formula is C13H21NO3. The van der Waals surface area contributed by atoms with Crippen molar-refractivity contribution >= 4 is 6.09 Å². The highest BCUT2D eigenvalue weighted by molar-refractivity contribution is 5.70. The van der Waals surface area contributed by atoms with Crippen LogP contribution in [0.3, 0.4) is 0 Å². The van der Waals surface area contributed by atoms with Gasteiger partial charge in [0.05, 0.1) is 6.10 Å². The Kier molecular flexibility index (Phi) is 3.45. The lowest BCUT2D eigenvalue weighted by Gasteiger charge is -2.33. The molecule has 4 heteroatoms. The molecule has 0 N–H and O–H groups in total. The zero-order chi connectivity index (χ0) is 13.4. The third kappa shape index (κ3) is 2.92. The average molecular weight is 239 g/mol. The van der Waals surface area contributed by atoms with Crippen molar-refractivity contribution in [1.29, 1.82) is 0 Å². The van der Waals surface area contributed by atoms with Crippen LogP contribution in [-0.2, 0) is 9.47 Å². The first-order valence-corrected chi connectivity index (χ1v) is 5.75. The number of hydrogen-bond acceptors (Lipinski definition) is 3. The van der Waals surface area contributed by atoms with E-state index in [0.29, 0.717) is 0 Å². The lowest BCUT2D eigenvalue weighted by molar-refractivity contribution is -0.0751. The summed E-state index contributed by atoms with van der Waals surface area (Å²) in [6.07, 6.45) is 4.83. The molecule has 1 aliphatic heterocycles. The van der Waals surface area contributed by atoms with Crippen molar-refractivity contribution in [3.8, 4) is 12.3 Å². The summed E-state index contributed by atoms with van der Waals surface area (Å²) < 4.78 is 11.0. The van der Waals surface area contributed by atoms with Gasteiger partial charge in [-0.1, -0.05) is 5.92 Å². The van der Waals surface area contributed by atoms with Crippen molar-refractivity contribution in [1.82, 2.24) is 4.90 Å². The van der Waals surface area contributed by atoms with Crippen molar-refractivity contribution in [3.05, 3.63) is 0 Å². The zero-order valence-corrected chi connectivity index (χ0v) is 11.4. The van der Waals surface area contributed by atoms with Crippen molar-refractivity contribution < 1.29 is 14.3 Å². The van der Waals surface area contributed by atoms with Gasteiger partial charge < -0.3 is 9.47 Å². The highest BCUT2D eigenvalue weighted by Gasteiger charge is 2.48. The molecule has 0 spiro atoms. The third-order valence-corrected chi connectivity index (χ3v) is 2.54. The summed E-state index contributed by atoms with van der Waals surface area (Å²) in [5, 5.41) is 0. The minimum atomic E-state index is -0.737. The van der Waals surface area contributed by atoms with Crippen molar-refractivity contribution in [2.45, 2.75) is 65.0 Å². The molecular weight excluding hydrogens is 218 g/mol. The average Bonchev–Trinajstić information content (AvgIpc) is 2.31. The Hall–Kier alpha value is -1.21. The molecule has 1 aliphatic rings. The molecule has 1 heterocycles. The molecule has 0 aromatic heterocycles. The Balaban J connectivity index is 2.94. The maximum absolute atomic E-state index is 12.1. The molecule has 1 fully saturated rings. The molecule has 96 valence electrons. The Morgan fingerprint density at radius 1 is 1.47 bits per heavy atom. The molecule has 0 saturated carbocycles. The normalized spacial score (nSPS) is 27.7. The summed E-state index contributed by atoms with van der Waals surface area (Å²) in [7, 11) is 0. The summed E-state index contributed by atoms with van der Waals surface area (Å²) in [4.78, 5) is 13.6. The van der Waals surface area contributed by atoms with Crippen molar-refractivity contribution in [2.75, 3.05) is 0 Å². The van der Waals surface area contributed by atoms with Crippen LogP contribution in [0.15, 0.2) is 0 Å². The van der Waals surface area contributed by atoms with Gasteiger partial charge in [0.1, 0.15) is 17.4 Å². The third-order valence-electron chi connectivity index (χ3n) is 2.54. The number of nitrogens with zero attached hydrogens (tertiary/aromatic N) is 1. The number of amides is 1. The molecule has 0 aromatic carbocycles. The molecule has 2 atom stereocenters. The maximum Gasteiger partial charge on any atom is 0.413 e. The topological polar surface area (TPSA) is 38.8 Å². The largest absolute Gasteiger partial charge is 0.444 e. The number of hydrogen-bond donors (Lipinski definition) is 0. The van der Waals surface area contributed by atoms with Gasteiger partial charge in [0.2, 0.25) is 0 Å². The summed E-state index contributed by atoms with van der Waals surface area (Å²) in [6.45, 7) is 10.9. The molecule has 1 rings (SSSR count). The van der Waals surface area contributed by atoms with E-state index in [4.69, 9.17) is 15.9 Å². The molecule has 17 heavy (non-hydrogen) atoms. The van der Waals surface area contributed by atoms with E-state index in [1.807, 2.05) is 41.5 Å². The maximum atomic E-state index is 12.1. The van der Waals surface area contributed by atoms with Gasteiger partial charge in [-0.2, -0.15) is 0 Å². The van der Waals surface area contributed by atoms with Gasteiger partial charge in [-0.05, 0) is 41.5 Å². The van der Waals surface area contributed by atoms with E-state index in [9.17, 15) is 4.79 Å². The van der Waals surface area contributed by atoms with Crippen LogP contribution in [0.4, 0.5) is 4.79 Å². The fourth-order valence-corrected chi connectivity index (χ4v) is 1.98. The first kappa shape index (κ1) is 13.9. The van der Waals surface area contributed by atoms with E-state index in [0.717, 1.165) is 0 Å². The van der Waals surface area contributed by atoms with Crippen LogP contribution in [0, 0.1) is 12.3 Å². The van der Waals surface area contributed by atoms with Crippen LogP contribution in [0.2, 0.25) is 0 Å². The Morgan fingerprint density at radius 3 is 2.41 bits per heavy atom. The summed E-state index contributed by atoms with van der Waals surface area (Å²) >= 11 is 0. The highest BCUT2D eigenvalue weighted by Crippen LogP contribution is 2.33. The molecule has 0 aliphatic carbocycles. The van der Waals surface area contributed by atoms with Crippen LogP contribution in [0.5, 0.6) is 0 Å². The van der Waals surface area contributed by atoms with Crippen LogP contribution in [-0.4, -0.2) is 34.5 Å². The van der Waals surface area contributed by atoms with E-state index in [-0.39, 0.29) is 12.1 Å². The van der Waals surface area contributed by atoms with Gasteiger partial charge in [0.25, 0.3) is 0 Å². The fraction of sp³-hybridized carbons (Fsp3) is 0.769. The van der Waals surface area contributed by atoms with E-state index in [1.54, 1.807) is 0 Å². The lowest BCUT2D eigenvalue weighted by Crippen LogP contribution is -2.49. The molecule has 0 bridgehead atoms. The first-order chi connectivity index (χ1) is 7.58. The predicted octanol–water partition coefficient (Wildman–Crippen LogP) is 2.38. The van der Waals surface area contributed by atoms with Crippen molar-refractivity contribution in [3.63, 3.8) is 0 Å². The minimum absolute atomic E-state index is 0.192. The SMILES string of the molecule is C#CC1C(C)OC(C)(C)N1C(=O)OC(C)(C)C. The number of carbonyl (C=O) groups is 1. The van der Waals surface area contributed by atoms with E-state index in [2.05, 4.69) is 5.92 Å². The molecule has 4 nitrogen and oxygen atoms in total. The van der Waals surface area contributed by atoms with Gasteiger partial charge in [0.15, 0.2) is 0 Å². The first-order valence-electron chi connectivity index (χ1n) is 5.75. The molecule has 0 radical (unpaired) electrons. The van der Waals surface area contributed by atoms with E-state index >= 15 is 0 Å². The van der Waals surface area contributed by atoms with Gasteiger partial charge in [-0.3, -0.25) is 4.90 Å². The number of terminal acetylenes is 1. The minimum Gasteiger partial charge on any atom is -0.444 e. The highest BCUT2D eigenvalue weighted by atomic mass is 16.6. The summed E-state index contributed by atoms with van der Waals surface area (Å²) in [5.74, 6) is 2.59. The second kappa shape index (κ2) is 4.23. The Labute approximate surface area is 103 Å². The van der Waals surface area contributed by atoms with Gasteiger partial charge in [0, 0.05) is 0 Å². The monoisotopic (exact) mass is 239 g/mol. The summed E-state index contributed by atoms with van der Waals surface area (Å²) in [6, 6.07) is -0.389. The molecule has 2 unspecified atom stereocenters. The molecule has 1 amide bonds. The fourth-order valence-electron chi connectivity index (χ4n) is 1.98. The van der Waals surface area contributed by atoms with Crippen LogP contribution < -0.4 is 0 Å². The molecule has 0 aromatic rings. The lowest BCUT2D eigenvalue weighted by atomic mass is 10.1. The zero-order valence-electron chi connectivity index (χ0n) is 11.4. The second-order valence-electron chi connectivity index (χ2n) is 5.73. The number of rotatable bonds is 0. The molecule has 1 saturated heterocycles. The Morgan fingerprint density at radius 2 is 2.00 bits per heavy atom. The standard InChI is InChI=1S/C13H21NO3/c1-8-10-9(2)16-13(6,7)14(10)11(15)17-12(3,4)5/h1,9-10H,2-7H3. The van der Waals surface area contributed by atoms with Crippen LogP contribution in [0.1, 0.15) is 41.5 Å². The second-order valence-corrected chi connectivity index (χ2v) is 5.73. The predicted molar refractivity (Wildman–Crippen MR) is 65.3 cm³/mol. The van der Waals surface area contributed by atoms with Crippen molar-refractivity contribution in [2.24, 2.45) is 0 Å². The van der Waals surface area contributed by atoms with Gasteiger partial charge in [-0.15, -0.1) is 6.42 Å². The quantitative estimate of drug-likeness (QED) is 0.609. The van der Waals surface area contributed by atoms with Gasteiger partial charge >= 0.3 is 6.09 Å². The van der Waals surface area contributed by atoms with E-state index in [1.165, 1.54) is 4.90 Å². The van der Waals surface area contributed by atoms with Gasteiger partial charge in [-0.25, -0.2) is 4.79 Å². The van der Waals surface area contributed by atoms with Crippen LogP contribution >= 0.6 is 0 Å². The smallest absolute Gasteiger partial charge is 0.413 e. The summed E-state index contributed by atoms with van der Waals surface area (Å²) in [5.41, 5.74) is -1.28. The van der Waals surface area contributed by atoms with E-state index < -0.39 is 17.4 Å². The Bertz CT molecular complexity index is 349. The number of ether oxygens (including phenoxy) is 2. The van der Waals surface area contributed by atoms with Crippen LogP contribution in [0.25, 0.3) is 0 Å². The number of carbonyl (C=O) groups excluding carboxylic acids is 1.